The van der Waals surface area contributed by atoms with Crippen LogP contribution in [0.2, 0.25) is 0 Å². The van der Waals surface area contributed by atoms with E-state index >= 15 is 0 Å². The predicted octanol–water partition coefficient (Wildman–Crippen LogP) is 1.96. The first-order valence-electron chi connectivity index (χ1n) is 6.85. The molecule has 1 aliphatic carbocycles. The van der Waals surface area contributed by atoms with E-state index in [1.807, 2.05) is 0 Å². The maximum absolute atomic E-state index is 6.15. The molecule has 0 spiro atoms. The third-order valence-corrected chi connectivity index (χ3v) is 4.54. The van der Waals surface area contributed by atoms with Gasteiger partial charge in [-0.3, -0.25) is 4.90 Å². The molecular weight excluding hydrogens is 224 g/mol. The van der Waals surface area contributed by atoms with Crippen molar-refractivity contribution < 1.29 is 4.74 Å². The molecule has 0 radical (unpaired) electrons. The van der Waals surface area contributed by atoms with Crippen molar-refractivity contribution in [2.45, 2.75) is 31.8 Å². The van der Waals surface area contributed by atoms with Crippen molar-refractivity contribution in [3.05, 3.63) is 29.3 Å². The molecule has 1 saturated heterocycles. The molecule has 0 amide bonds. The third-order valence-electron chi connectivity index (χ3n) is 4.54. The summed E-state index contributed by atoms with van der Waals surface area (Å²) in [7, 11) is 1.74. The van der Waals surface area contributed by atoms with Crippen LogP contribution in [0.25, 0.3) is 0 Å². The maximum atomic E-state index is 6.15. The fraction of sp³-hybridized carbons (Fsp3) is 0.600. The van der Waals surface area contributed by atoms with Crippen LogP contribution in [0.1, 0.15) is 30.5 Å². The van der Waals surface area contributed by atoms with Gasteiger partial charge < -0.3 is 10.5 Å². The van der Waals surface area contributed by atoms with E-state index in [0.29, 0.717) is 18.0 Å². The normalized spacial score (nSPS) is 31.6. The number of rotatable bonds is 2. The first kappa shape index (κ1) is 12.0. The molecule has 2 N–H and O–H groups in total. The number of nitrogens with two attached hydrogens (primary N) is 1. The molecule has 0 saturated carbocycles. The molecule has 1 aliphatic heterocycles. The molecule has 0 bridgehead atoms. The van der Waals surface area contributed by atoms with Crippen LogP contribution in [-0.4, -0.2) is 31.1 Å². The fourth-order valence-corrected chi connectivity index (χ4v) is 3.35. The Bertz CT molecular complexity index is 436. The van der Waals surface area contributed by atoms with Crippen LogP contribution < -0.4 is 10.5 Å². The largest absolute Gasteiger partial charge is 0.497 e. The van der Waals surface area contributed by atoms with E-state index in [4.69, 9.17) is 10.5 Å². The van der Waals surface area contributed by atoms with E-state index in [-0.39, 0.29) is 0 Å². The van der Waals surface area contributed by atoms with Gasteiger partial charge in [0.2, 0.25) is 0 Å². The molecule has 3 unspecified atom stereocenters. The number of hydrogen-bond acceptors (Lipinski definition) is 3. The molecule has 98 valence electrons. The minimum Gasteiger partial charge on any atom is -0.497 e. The molecule has 1 heterocycles. The van der Waals surface area contributed by atoms with Gasteiger partial charge in [-0.2, -0.15) is 0 Å². The topological polar surface area (TPSA) is 38.5 Å². The lowest BCUT2D eigenvalue weighted by Gasteiger charge is -2.25. The average Bonchev–Trinajstić information content (AvgIpc) is 2.93. The van der Waals surface area contributed by atoms with E-state index in [9.17, 15) is 0 Å². The van der Waals surface area contributed by atoms with Gasteiger partial charge in [-0.1, -0.05) is 13.0 Å². The molecule has 1 fully saturated rings. The first-order valence-corrected chi connectivity index (χ1v) is 6.85. The Kier molecular flexibility index (Phi) is 3.04. The summed E-state index contributed by atoms with van der Waals surface area (Å²) in [6.45, 7) is 4.41. The SMILES string of the molecule is COc1ccc2c(c1)C(N1CC(C)C(N)C1)CC2. The number of nitrogens with zero attached hydrogens (tertiary/aromatic N) is 1. The van der Waals surface area contributed by atoms with E-state index in [1.54, 1.807) is 7.11 Å². The highest BCUT2D eigenvalue weighted by Crippen LogP contribution is 2.39. The highest BCUT2D eigenvalue weighted by molar-refractivity contribution is 5.41. The van der Waals surface area contributed by atoms with E-state index < -0.39 is 0 Å². The van der Waals surface area contributed by atoms with Crippen LogP contribution >= 0.6 is 0 Å². The summed E-state index contributed by atoms with van der Waals surface area (Å²) in [6, 6.07) is 7.38. The van der Waals surface area contributed by atoms with E-state index in [2.05, 4.69) is 30.0 Å². The lowest BCUT2D eigenvalue weighted by molar-refractivity contribution is 0.236. The second-order valence-corrected chi connectivity index (χ2v) is 5.71. The Morgan fingerprint density at radius 2 is 2.17 bits per heavy atom. The van der Waals surface area contributed by atoms with Gasteiger partial charge >= 0.3 is 0 Å². The Morgan fingerprint density at radius 3 is 2.83 bits per heavy atom. The van der Waals surface area contributed by atoms with E-state index in [0.717, 1.165) is 18.8 Å². The summed E-state index contributed by atoms with van der Waals surface area (Å²) >= 11 is 0. The molecule has 3 heteroatoms. The summed E-state index contributed by atoms with van der Waals surface area (Å²) in [4.78, 5) is 2.56. The second-order valence-electron chi connectivity index (χ2n) is 5.71. The fourth-order valence-electron chi connectivity index (χ4n) is 3.35. The molecule has 0 aromatic heterocycles. The van der Waals surface area contributed by atoms with Crippen LogP contribution in [0, 0.1) is 5.92 Å². The Morgan fingerprint density at radius 1 is 1.33 bits per heavy atom. The Balaban J connectivity index is 1.85. The lowest BCUT2D eigenvalue weighted by Crippen LogP contribution is -2.30. The summed E-state index contributed by atoms with van der Waals surface area (Å²) in [5.74, 6) is 1.58. The van der Waals surface area contributed by atoms with Crippen molar-refractivity contribution in [2.75, 3.05) is 20.2 Å². The molecule has 1 aromatic rings. The quantitative estimate of drug-likeness (QED) is 0.867. The number of methoxy groups -OCH3 is 1. The minimum absolute atomic E-state index is 0.333. The van der Waals surface area contributed by atoms with Gasteiger partial charge in [-0.05, 0) is 42.0 Å². The number of ether oxygens (including phenoxy) is 1. The zero-order valence-electron chi connectivity index (χ0n) is 11.2. The Hall–Kier alpha value is -1.06. The minimum atomic E-state index is 0.333. The zero-order chi connectivity index (χ0) is 12.7. The molecule has 3 rings (SSSR count). The van der Waals surface area contributed by atoms with Gasteiger partial charge in [-0.15, -0.1) is 0 Å². The summed E-state index contributed by atoms with van der Waals surface area (Å²) < 4.78 is 5.35. The van der Waals surface area contributed by atoms with Crippen molar-refractivity contribution >= 4 is 0 Å². The molecule has 18 heavy (non-hydrogen) atoms. The van der Waals surface area contributed by atoms with Gasteiger partial charge in [0.1, 0.15) is 5.75 Å². The Labute approximate surface area is 109 Å². The second kappa shape index (κ2) is 4.56. The lowest BCUT2D eigenvalue weighted by atomic mass is 10.1. The smallest absolute Gasteiger partial charge is 0.119 e. The zero-order valence-corrected chi connectivity index (χ0v) is 11.2. The number of likely N-dealkylation sites (tertiary alicyclic amines) is 1. The molecule has 3 atom stereocenters. The molecule has 1 aromatic carbocycles. The standard InChI is InChI=1S/C15H22N2O/c1-10-8-17(9-14(10)16)15-6-4-11-3-5-12(18-2)7-13(11)15/h3,5,7,10,14-15H,4,6,8-9,16H2,1-2H3. The molecular formula is C15H22N2O. The van der Waals surface area contributed by atoms with Crippen molar-refractivity contribution in [1.29, 1.82) is 0 Å². The van der Waals surface area contributed by atoms with Crippen molar-refractivity contribution in [2.24, 2.45) is 11.7 Å². The molecule has 2 aliphatic rings. The monoisotopic (exact) mass is 246 g/mol. The van der Waals surface area contributed by atoms with Crippen LogP contribution in [-0.2, 0) is 6.42 Å². The summed E-state index contributed by atoms with van der Waals surface area (Å²) in [5.41, 5.74) is 9.08. The van der Waals surface area contributed by atoms with E-state index in [1.165, 1.54) is 24.0 Å². The van der Waals surface area contributed by atoms with Crippen LogP contribution in [0.5, 0.6) is 5.75 Å². The van der Waals surface area contributed by atoms with Gasteiger partial charge in [0.15, 0.2) is 0 Å². The van der Waals surface area contributed by atoms with Crippen molar-refractivity contribution in [3.8, 4) is 5.75 Å². The number of hydrogen-bond donors (Lipinski definition) is 1. The predicted molar refractivity (Wildman–Crippen MR) is 72.8 cm³/mol. The number of fused-ring (bicyclic) bond motifs is 1. The first-order chi connectivity index (χ1) is 8.69. The van der Waals surface area contributed by atoms with Crippen LogP contribution in [0.15, 0.2) is 18.2 Å². The number of benzene rings is 1. The summed E-state index contributed by atoms with van der Waals surface area (Å²) in [6.07, 6.45) is 2.41. The average molecular weight is 246 g/mol. The van der Waals surface area contributed by atoms with Gasteiger partial charge in [0, 0.05) is 25.2 Å². The highest BCUT2D eigenvalue weighted by Gasteiger charge is 2.35. The molecule has 3 nitrogen and oxygen atoms in total. The van der Waals surface area contributed by atoms with Crippen LogP contribution in [0.3, 0.4) is 0 Å². The van der Waals surface area contributed by atoms with Crippen LogP contribution in [0.4, 0.5) is 0 Å². The van der Waals surface area contributed by atoms with Gasteiger partial charge in [0.25, 0.3) is 0 Å². The van der Waals surface area contributed by atoms with Crippen molar-refractivity contribution in [3.63, 3.8) is 0 Å². The summed E-state index contributed by atoms with van der Waals surface area (Å²) in [5, 5.41) is 0. The van der Waals surface area contributed by atoms with Gasteiger partial charge in [-0.25, -0.2) is 0 Å². The number of aryl methyl sites for hydroxylation is 1. The van der Waals surface area contributed by atoms with Gasteiger partial charge in [0.05, 0.1) is 7.11 Å². The van der Waals surface area contributed by atoms with Crippen molar-refractivity contribution in [1.82, 2.24) is 4.90 Å². The maximum Gasteiger partial charge on any atom is 0.119 e. The third kappa shape index (κ3) is 1.91. The highest BCUT2D eigenvalue weighted by atomic mass is 16.5.